The second-order valence-corrected chi connectivity index (χ2v) is 17.2. The van der Waals surface area contributed by atoms with E-state index in [-0.39, 0.29) is 36.3 Å². The third kappa shape index (κ3) is 7.06. The summed E-state index contributed by atoms with van der Waals surface area (Å²) < 4.78 is 18.0. The van der Waals surface area contributed by atoms with Gasteiger partial charge in [-0.25, -0.2) is 14.6 Å². The Hall–Kier alpha value is -5.90. The number of carbonyl (C=O) groups excluding carboxylic acids is 2. The van der Waals surface area contributed by atoms with Gasteiger partial charge in [-0.2, -0.15) is 0 Å². The number of likely N-dealkylation sites (tertiary alicyclic amines) is 2. The van der Waals surface area contributed by atoms with Gasteiger partial charge in [-0.05, 0) is 105 Å². The lowest BCUT2D eigenvalue weighted by Gasteiger charge is -2.35. The molecule has 10 heteroatoms. The molecule has 0 saturated carbocycles. The van der Waals surface area contributed by atoms with Gasteiger partial charge in [0.2, 0.25) is 0 Å². The van der Waals surface area contributed by atoms with Crippen molar-refractivity contribution >= 4 is 23.6 Å². The van der Waals surface area contributed by atoms with Crippen LogP contribution < -0.4 is 4.74 Å². The molecule has 10 nitrogen and oxygen atoms in total. The maximum Gasteiger partial charge on any atom is 0.410 e. The Labute approximate surface area is 333 Å². The fourth-order valence-electron chi connectivity index (χ4n) is 8.83. The number of fused-ring (bicyclic) bond motifs is 3. The number of benzene rings is 4. The van der Waals surface area contributed by atoms with E-state index in [1.165, 1.54) is 5.56 Å². The molecule has 9 rings (SSSR count). The second kappa shape index (κ2) is 14.2. The minimum Gasteiger partial charge on any atom is -0.457 e. The van der Waals surface area contributed by atoms with E-state index in [1.807, 2.05) is 74.3 Å². The molecule has 57 heavy (non-hydrogen) atoms. The summed E-state index contributed by atoms with van der Waals surface area (Å²) in [5.41, 5.74) is 9.49. The molecule has 0 radical (unpaired) electrons. The number of H-pyrrole nitrogens is 1. The minimum absolute atomic E-state index is 0.0377. The van der Waals surface area contributed by atoms with Gasteiger partial charge in [-0.1, -0.05) is 62.4 Å². The quantitative estimate of drug-likeness (QED) is 0.184. The number of hydrogen-bond acceptors (Lipinski definition) is 7. The number of amides is 2. The van der Waals surface area contributed by atoms with Crippen LogP contribution in [-0.2, 0) is 27.9 Å². The molecule has 0 aliphatic carbocycles. The van der Waals surface area contributed by atoms with Gasteiger partial charge in [0.25, 0.3) is 0 Å². The normalized spacial score (nSPS) is 19.4. The number of ether oxygens (including phenoxy) is 3. The Bertz CT molecular complexity index is 2390. The first kappa shape index (κ1) is 36.7. The van der Waals surface area contributed by atoms with Crippen molar-refractivity contribution in [3.8, 4) is 34.0 Å². The number of imidazole rings is 1. The summed E-state index contributed by atoms with van der Waals surface area (Å²) in [4.78, 5) is 43.1. The molecule has 2 saturated heterocycles. The van der Waals surface area contributed by atoms with Crippen molar-refractivity contribution in [1.82, 2.24) is 19.8 Å². The van der Waals surface area contributed by atoms with E-state index in [9.17, 15) is 9.59 Å². The Balaban J connectivity index is 0.896. The Morgan fingerprint density at radius 3 is 2.33 bits per heavy atom. The molecule has 292 valence electrons. The van der Waals surface area contributed by atoms with Gasteiger partial charge in [0.05, 0.1) is 29.7 Å². The SMILES string of the molecule is CC(C)(C)OC(=O)N1CCC[C@H]1C1=Nc2ccc(-c3ccc4c(c3)Oc3ccc(-c5ncc([C@@H]6CCCN6C(=O)OCc6ccccc6)[nH]5)cc3C4(C)C)cc2C1. The molecule has 4 aromatic carbocycles. The number of nitrogens with one attached hydrogen (secondary N) is 1. The topological polar surface area (TPSA) is 109 Å². The zero-order valence-corrected chi connectivity index (χ0v) is 33.3. The average Bonchev–Trinajstić information content (AvgIpc) is 4.02. The molecule has 0 spiro atoms. The van der Waals surface area contributed by atoms with Crippen LogP contribution >= 0.6 is 0 Å². The summed E-state index contributed by atoms with van der Waals surface area (Å²) in [6.07, 6.45) is 5.59. The molecule has 4 aliphatic heterocycles. The second-order valence-electron chi connectivity index (χ2n) is 17.2. The highest BCUT2D eigenvalue weighted by Crippen LogP contribution is 2.50. The Morgan fingerprint density at radius 2 is 1.54 bits per heavy atom. The molecule has 1 N–H and O–H groups in total. The fraction of sp³-hybridized carbons (Fsp3) is 0.362. The molecule has 0 unspecified atom stereocenters. The van der Waals surface area contributed by atoms with E-state index in [2.05, 4.69) is 61.3 Å². The van der Waals surface area contributed by atoms with E-state index in [0.717, 1.165) is 93.5 Å². The van der Waals surface area contributed by atoms with Crippen molar-refractivity contribution in [2.45, 2.75) is 96.4 Å². The molecule has 4 aliphatic rings. The number of aromatic nitrogens is 2. The van der Waals surface area contributed by atoms with Crippen LogP contribution in [0, 0.1) is 0 Å². The lowest BCUT2D eigenvalue weighted by Crippen LogP contribution is -2.43. The number of nitrogens with zero attached hydrogens (tertiary/aromatic N) is 4. The molecule has 2 atom stereocenters. The first-order chi connectivity index (χ1) is 27.4. The molecule has 2 amide bonds. The zero-order valence-electron chi connectivity index (χ0n) is 33.3. The van der Waals surface area contributed by atoms with Crippen molar-refractivity contribution in [2.24, 2.45) is 4.99 Å². The number of carbonyl (C=O) groups is 2. The van der Waals surface area contributed by atoms with Crippen LogP contribution in [0.3, 0.4) is 0 Å². The standard InChI is InChI=1S/C47H49N5O5/c1-46(2,3)57-45(54)52-22-9-13-39(52)37-25-33-23-30(16-19-36(33)49-37)31-15-18-34-42(26-31)56-41-20-17-32(24-35(41)47(34,4)5)43-48-27-38(50-43)40-14-10-21-51(40)44(53)55-28-29-11-7-6-8-12-29/h6-8,11-12,15-20,23-24,26-27,39-40H,9-10,13-14,21-22,25,28H2,1-5H3,(H,48,50)/t39-,40-/m0/s1. The first-order valence-corrected chi connectivity index (χ1v) is 20.1. The van der Waals surface area contributed by atoms with Crippen LogP contribution in [0.5, 0.6) is 11.5 Å². The van der Waals surface area contributed by atoms with Gasteiger partial charge >= 0.3 is 12.2 Å². The molecule has 1 aromatic heterocycles. The maximum atomic E-state index is 13.1. The monoisotopic (exact) mass is 763 g/mol. The number of hydrogen-bond donors (Lipinski definition) is 1. The van der Waals surface area contributed by atoms with E-state index in [0.29, 0.717) is 19.5 Å². The summed E-state index contributed by atoms with van der Waals surface area (Å²) in [6, 6.07) is 28.8. The minimum atomic E-state index is -0.537. The highest BCUT2D eigenvalue weighted by Gasteiger charge is 2.38. The summed E-state index contributed by atoms with van der Waals surface area (Å²) in [5.74, 6) is 2.42. The molecule has 2 fully saturated rings. The van der Waals surface area contributed by atoms with Gasteiger partial charge in [0.15, 0.2) is 0 Å². The fourth-order valence-corrected chi connectivity index (χ4v) is 8.83. The molecular weight excluding hydrogens is 715 g/mol. The van der Waals surface area contributed by atoms with Crippen molar-refractivity contribution in [1.29, 1.82) is 0 Å². The van der Waals surface area contributed by atoms with Crippen molar-refractivity contribution in [3.05, 3.63) is 119 Å². The third-order valence-corrected chi connectivity index (χ3v) is 11.8. The van der Waals surface area contributed by atoms with Gasteiger partial charge in [0.1, 0.15) is 29.5 Å². The lowest BCUT2D eigenvalue weighted by molar-refractivity contribution is 0.0265. The van der Waals surface area contributed by atoms with E-state index < -0.39 is 5.60 Å². The summed E-state index contributed by atoms with van der Waals surface area (Å²) in [6.45, 7) is 11.8. The smallest absolute Gasteiger partial charge is 0.410 e. The van der Waals surface area contributed by atoms with Crippen molar-refractivity contribution in [3.63, 3.8) is 0 Å². The van der Waals surface area contributed by atoms with Gasteiger partial charge in [-0.3, -0.25) is 14.8 Å². The highest BCUT2D eigenvalue weighted by molar-refractivity contribution is 6.00. The average molecular weight is 764 g/mol. The lowest BCUT2D eigenvalue weighted by atomic mass is 9.75. The van der Waals surface area contributed by atoms with E-state index in [1.54, 1.807) is 4.90 Å². The maximum absolute atomic E-state index is 13.1. The van der Waals surface area contributed by atoms with Crippen molar-refractivity contribution in [2.75, 3.05) is 13.1 Å². The molecule has 0 bridgehead atoms. The van der Waals surface area contributed by atoms with Gasteiger partial charge in [-0.15, -0.1) is 0 Å². The van der Waals surface area contributed by atoms with Crippen LogP contribution in [-0.4, -0.2) is 62.4 Å². The largest absolute Gasteiger partial charge is 0.457 e. The van der Waals surface area contributed by atoms with E-state index >= 15 is 0 Å². The van der Waals surface area contributed by atoms with Crippen LogP contribution in [0.2, 0.25) is 0 Å². The summed E-state index contributed by atoms with van der Waals surface area (Å²) in [5, 5.41) is 0. The van der Waals surface area contributed by atoms with Crippen LogP contribution in [0.25, 0.3) is 22.5 Å². The molecule has 5 aromatic rings. The van der Waals surface area contributed by atoms with Crippen molar-refractivity contribution < 1.29 is 23.8 Å². The van der Waals surface area contributed by atoms with Crippen LogP contribution in [0.1, 0.15) is 94.3 Å². The number of aliphatic imine (C=N–C) groups is 1. The predicted octanol–water partition coefficient (Wildman–Crippen LogP) is 10.7. The Morgan fingerprint density at radius 1 is 0.825 bits per heavy atom. The van der Waals surface area contributed by atoms with Crippen LogP contribution in [0.4, 0.5) is 15.3 Å². The van der Waals surface area contributed by atoms with Crippen LogP contribution in [0.15, 0.2) is 96.1 Å². The van der Waals surface area contributed by atoms with E-state index in [4.69, 9.17) is 24.2 Å². The zero-order chi connectivity index (χ0) is 39.5. The number of rotatable bonds is 6. The molecule has 5 heterocycles. The third-order valence-electron chi connectivity index (χ3n) is 11.8. The highest BCUT2D eigenvalue weighted by atomic mass is 16.6. The summed E-state index contributed by atoms with van der Waals surface area (Å²) >= 11 is 0. The van der Waals surface area contributed by atoms with Gasteiger partial charge < -0.3 is 19.2 Å². The summed E-state index contributed by atoms with van der Waals surface area (Å²) in [7, 11) is 0. The predicted molar refractivity (Wildman–Crippen MR) is 220 cm³/mol. The molecular formula is C47H49N5O5. The Kier molecular flexibility index (Phi) is 9.17. The van der Waals surface area contributed by atoms with Gasteiger partial charge in [0, 0.05) is 47.3 Å². The first-order valence-electron chi connectivity index (χ1n) is 20.1. The number of aromatic amines is 1.